The minimum Gasteiger partial charge on any atom is -0.298 e. The van der Waals surface area contributed by atoms with Gasteiger partial charge in [-0.2, -0.15) is 5.10 Å². The predicted octanol–water partition coefficient (Wildman–Crippen LogP) is 2.17. The highest BCUT2D eigenvalue weighted by atomic mass is 16.1. The van der Waals surface area contributed by atoms with Gasteiger partial charge in [-0.3, -0.25) is 24.3 Å². The normalized spacial score (nSPS) is 16.0. The molecular weight excluding hydrogens is 364 g/mol. The zero-order valence-corrected chi connectivity index (χ0v) is 17.4. The van der Waals surface area contributed by atoms with Crippen molar-refractivity contribution in [2.24, 2.45) is 7.05 Å². The van der Waals surface area contributed by atoms with Crippen molar-refractivity contribution in [3.63, 3.8) is 0 Å². The zero-order valence-electron chi connectivity index (χ0n) is 17.4. The van der Waals surface area contributed by atoms with Gasteiger partial charge in [0.2, 0.25) is 0 Å². The van der Waals surface area contributed by atoms with Crippen LogP contribution >= 0.6 is 0 Å². The topological polar surface area (TPSA) is 67.2 Å². The highest BCUT2D eigenvalue weighted by molar-refractivity contribution is 5.85. The molecule has 1 aliphatic rings. The third-order valence-corrected chi connectivity index (χ3v) is 5.55. The average Bonchev–Trinajstić information content (AvgIpc) is 3.14. The van der Waals surface area contributed by atoms with Gasteiger partial charge in [-0.15, -0.1) is 0 Å². The summed E-state index contributed by atoms with van der Waals surface area (Å²) in [6, 6.07) is 6.49. The fraction of sp³-hybridized carbons (Fsp3) is 0.455. The zero-order chi connectivity index (χ0) is 20.4. The minimum atomic E-state index is 0.207. The number of carbonyl (C=O) groups is 1. The molecule has 0 aliphatic carbocycles. The molecule has 0 aromatic carbocycles. The van der Waals surface area contributed by atoms with E-state index in [1.54, 1.807) is 17.1 Å². The van der Waals surface area contributed by atoms with Crippen LogP contribution in [0.5, 0.6) is 0 Å². The highest BCUT2D eigenvalue weighted by Crippen LogP contribution is 2.20. The molecule has 4 rings (SSSR count). The van der Waals surface area contributed by atoms with Gasteiger partial charge in [-0.25, -0.2) is 4.98 Å². The van der Waals surface area contributed by atoms with Gasteiger partial charge in [0.05, 0.1) is 30.4 Å². The number of hydrogen-bond acceptors (Lipinski definition) is 6. The Morgan fingerprint density at radius 1 is 1.14 bits per heavy atom. The molecule has 0 amide bonds. The molecule has 7 heteroatoms. The maximum absolute atomic E-state index is 12.6. The summed E-state index contributed by atoms with van der Waals surface area (Å²) in [4.78, 5) is 26.5. The molecule has 1 aliphatic heterocycles. The van der Waals surface area contributed by atoms with E-state index in [0.717, 1.165) is 54.0 Å². The molecule has 0 atom stereocenters. The smallest absolute Gasteiger partial charge is 0.152 e. The molecule has 1 saturated heterocycles. The second-order valence-corrected chi connectivity index (χ2v) is 8.09. The van der Waals surface area contributed by atoms with Gasteiger partial charge >= 0.3 is 0 Å². The number of aromatic nitrogens is 4. The van der Waals surface area contributed by atoms with Crippen molar-refractivity contribution in [3.8, 4) is 11.3 Å². The molecular formula is C22H28N6O. The van der Waals surface area contributed by atoms with Gasteiger partial charge in [0.25, 0.3) is 0 Å². The number of hydrogen-bond donors (Lipinski definition) is 0. The number of Topliss-reactive ketones (excluding diaryl/α,β-unsaturated/α-hetero) is 1. The van der Waals surface area contributed by atoms with Gasteiger partial charge < -0.3 is 0 Å². The summed E-state index contributed by atoms with van der Waals surface area (Å²) in [5.74, 6) is 0.207. The second kappa shape index (κ2) is 8.39. The molecule has 3 aromatic rings. The first-order valence-electron chi connectivity index (χ1n) is 10.2. The van der Waals surface area contributed by atoms with Crippen LogP contribution in [0.1, 0.15) is 19.5 Å². The van der Waals surface area contributed by atoms with Crippen molar-refractivity contribution >= 4 is 16.7 Å². The van der Waals surface area contributed by atoms with Crippen molar-refractivity contribution in [2.45, 2.75) is 26.3 Å². The van der Waals surface area contributed by atoms with Crippen molar-refractivity contribution in [1.29, 1.82) is 0 Å². The van der Waals surface area contributed by atoms with Crippen LogP contribution in [-0.2, 0) is 18.3 Å². The SMILES string of the molecule is CC(C)N1CCN(CC(=O)Cc2cc3nc(-c4cnn(C)c4)ccc3cn2)CC1. The lowest BCUT2D eigenvalue weighted by molar-refractivity contribution is -0.120. The van der Waals surface area contributed by atoms with Gasteiger partial charge in [0, 0.05) is 68.3 Å². The van der Waals surface area contributed by atoms with Gasteiger partial charge in [-0.1, -0.05) is 0 Å². The van der Waals surface area contributed by atoms with Gasteiger partial charge in [0.1, 0.15) is 0 Å². The number of carbonyl (C=O) groups excluding carboxylic acids is 1. The third-order valence-electron chi connectivity index (χ3n) is 5.55. The van der Waals surface area contributed by atoms with E-state index in [1.807, 2.05) is 31.4 Å². The Bertz CT molecular complexity index is 1000. The maximum atomic E-state index is 12.6. The molecule has 152 valence electrons. The lowest BCUT2D eigenvalue weighted by Gasteiger charge is -2.36. The van der Waals surface area contributed by atoms with Crippen LogP contribution in [0, 0.1) is 0 Å². The Balaban J connectivity index is 1.42. The fourth-order valence-corrected chi connectivity index (χ4v) is 3.81. The maximum Gasteiger partial charge on any atom is 0.152 e. The summed E-state index contributed by atoms with van der Waals surface area (Å²) in [6.07, 6.45) is 5.90. The number of pyridine rings is 2. The molecule has 0 radical (unpaired) electrons. The summed E-state index contributed by atoms with van der Waals surface area (Å²) in [5, 5.41) is 5.18. The van der Waals surface area contributed by atoms with E-state index in [2.05, 4.69) is 33.7 Å². The number of aryl methyl sites for hydroxylation is 1. The van der Waals surface area contributed by atoms with Gasteiger partial charge in [0.15, 0.2) is 5.78 Å². The van der Waals surface area contributed by atoms with E-state index in [1.165, 1.54) is 0 Å². The molecule has 1 fully saturated rings. The van der Waals surface area contributed by atoms with E-state index in [0.29, 0.717) is 19.0 Å². The van der Waals surface area contributed by atoms with E-state index < -0.39 is 0 Å². The number of nitrogens with zero attached hydrogens (tertiary/aromatic N) is 6. The summed E-state index contributed by atoms with van der Waals surface area (Å²) in [5.41, 5.74) is 3.48. The Hall–Kier alpha value is -2.64. The summed E-state index contributed by atoms with van der Waals surface area (Å²) in [6.45, 7) is 8.89. The van der Waals surface area contributed by atoms with E-state index >= 15 is 0 Å². The molecule has 0 unspecified atom stereocenters. The number of ketones is 1. The van der Waals surface area contributed by atoms with Crippen LogP contribution in [0.2, 0.25) is 0 Å². The largest absolute Gasteiger partial charge is 0.298 e. The van der Waals surface area contributed by atoms with Gasteiger partial charge in [-0.05, 0) is 32.0 Å². The first-order chi connectivity index (χ1) is 14.0. The van der Waals surface area contributed by atoms with Crippen molar-refractivity contribution in [2.75, 3.05) is 32.7 Å². The van der Waals surface area contributed by atoms with Crippen molar-refractivity contribution < 1.29 is 4.79 Å². The van der Waals surface area contributed by atoms with Crippen LogP contribution < -0.4 is 0 Å². The Morgan fingerprint density at radius 2 is 1.93 bits per heavy atom. The lowest BCUT2D eigenvalue weighted by Crippen LogP contribution is -2.50. The molecule has 4 heterocycles. The van der Waals surface area contributed by atoms with Crippen LogP contribution in [0.15, 0.2) is 36.8 Å². The Kier molecular flexibility index (Phi) is 5.69. The average molecular weight is 393 g/mol. The molecule has 0 spiro atoms. The Labute approximate surface area is 171 Å². The third kappa shape index (κ3) is 4.68. The molecule has 0 saturated carbocycles. The Morgan fingerprint density at radius 3 is 2.62 bits per heavy atom. The monoisotopic (exact) mass is 392 g/mol. The van der Waals surface area contributed by atoms with Crippen molar-refractivity contribution in [1.82, 2.24) is 29.5 Å². The van der Waals surface area contributed by atoms with Crippen LogP contribution in [0.3, 0.4) is 0 Å². The second-order valence-electron chi connectivity index (χ2n) is 8.09. The molecule has 0 N–H and O–H groups in total. The summed E-state index contributed by atoms with van der Waals surface area (Å²) in [7, 11) is 1.89. The number of fused-ring (bicyclic) bond motifs is 1. The summed E-state index contributed by atoms with van der Waals surface area (Å²) >= 11 is 0. The fourth-order valence-electron chi connectivity index (χ4n) is 3.81. The minimum absolute atomic E-state index is 0.207. The number of rotatable bonds is 6. The number of piperazine rings is 1. The molecule has 3 aromatic heterocycles. The van der Waals surface area contributed by atoms with E-state index in [9.17, 15) is 4.79 Å². The first kappa shape index (κ1) is 19.7. The predicted molar refractivity (Wildman–Crippen MR) is 114 cm³/mol. The first-order valence-corrected chi connectivity index (χ1v) is 10.2. The molecule has 7 nitrogen and oxygen atoms in total. The quantitative estimate of drug-likeness (QED) is 0.641. The van der Waals surface area contributed by atoms with Crippen molar-refractivity contribution in [3.05, 3.63) is 42.5 Å². The highest BCUT2D eigenvalue weighted by Gasteiger charge is 2.20. The molecule has 0 bridgehead atoms. The van der Waals surface area contributed by atoms with Crippen LogP contribution in [0.4, 0.5) is 0 Å². The lowest BCUT2D eigenvalue weighted by atomic mass is 10.1. The summed E-state index contributed by atoms with van der Waals surface area (Å²) < 4.78 is 1.76. The van der Waals surface area contributed by atoms with Crippen LogP contribution in [0.25, 0.3) is 22.2 Å². The van der Waals surface area contributed by atoms with E-state index in [4.69, 9.17) is 4.98 Å². The standard InChI is InChI=1S/C22H28N6O/c1-16(2)28-8-6-27(7-9-28)15-20(29)10-19-11-22-17(12-23-19)4-5-21(25-22)18-13-24-26(3)14-18/h4-5,11-14,16H,6-10,15H2,1-3H3. The van der Waals surface area contributed by atoms with Crippen LogP contribution in [-0.4, -0.2) is 74.1 Å². The van der Waals surface area contributed by atoms with E-state index in [-0.39, 0.29) is 5.78 Å². The molecule has 29 heavy (non-hydrogen) atoms.